The second-order valence-electron chi connectivity index (χ2n) is 4.40. The molecule has 1 rings (SSSR count). The van der Waals surface area contributed by atoms with Crippen LogP contribution in [0.4, 0.5) is 13.2 Å². The number of sulfonamides is 1. The van der Waals surface area contributed by atoms with Gasteiger partial charge in [0.25, 0.3) is 0 Å². The van der Waals surface area contributed by atoms with E-state index in [0.717, 1.165) is 28.6 Å². The van der Waals surface area contributed by atoms with Crippen molar-refractivity contribution in [3.05, 3.63) is 24.3 Å². The monoisotopic (exact) mass is 370 g/mol. The molecule has 1 aromatic rings. The number of hydrogen-bond donors (Lipinski definition) is 1. The predicted molar refractivity (Wildman–Crippen MR) is 81.5 cm³/mol. The quantitative estimate of drug-likeness (QED) is 0.749. The van der Waals surface area contributed by atoms with Crippen LogP contribution in [0.25, 0.3) is 0 Å². The zero-order valence-electron chi connectivity index (χ0n) is 12.6. The molecule has 10 heteroatoms. The maximum Gasteiger partial charge on any atom is 0.446 e. The summed E-state index contributed by atoms with van der Waals surface area (Å²) < 4.78 is 62.6. The molecule has 1 aromatic carbocycles. The molecule has 130 valence electrons. The van der Waals surface area contributed by atoms with E-state index in [1.807, 2.05) is 0 Å². The average Bonchev–Trinajstić information content (AvgIpc) is 2.43. The van der Waals surface area contributed by atoms with Crippen LogP contribution in [-0.4, -0.2) is 43.8 Å². The van der Waals surface area contributed by atoms with Crippen molar-refractivity contribution < 1.29 is 26.4 Å². The number of nitrogens with one attached hydrogen (secondary N) is 1. The summed E-state index contributed by atoms with van der Waals surface area (Å²) in [5.41, 5.74) is -4.44. The zero-order valence-corrected chi connectivity index (χ0v) is 14.2. The maximum absolute atomic E-state index is 12.4. The van der Waals surface area contributed by atoms with Gasteiger partial charge in [-0.2, -0.15) is 17.5 Å². The Balaban J connectivity index is 2.95. The summed E-state index contributed by atoms with van der Waals surface area (Å²) in [5.74, 6) is -0.442. The van der Waals surface area contributed by atoms with Crippen molar-refractivity contribution in [2.24, 2.45) is 0 Å². The van der Waals surface area contributed by atoms with Gasteiger partial charge in [-0.1, -0.05) is 6.92 Å². The third-order valence-electron chi connectivity index (χ3n) is 2.74. The highest BCUT2D eigenvalue weighted by atomic mass is 32.2. The first-order valence-electron chi connectivity index (χ1n) is 6.72. The number of benzene rings is 1. The Morgan fingerprint density at radius 2 is 1.78 bits per heavy atom. The van der Waals surface area contributed by atoms with Crippen LogP contribution in [0.5, 0.6) is 0 Å². The Hall–Kier alpha value is -1.26. The highest BCUT2D eigenvalue weighted by molar-refractivity contribution is 8.00. The topological polar surface area (TPSA) is 66.5 Å². The van der Waals surface area contributed by atoms with Crippen LogP contribution in [-0.2, 0) is 14.8 Å². The number of carbonyl (C=O) groups is 1. The van der Waals surface area contributed by atoms with Gasteiger partial charge in [0.05, 0.1) is 11.4 Å². The first-order valence-corrected chi connectivity index (χ1v) is 8.98. The molecule has 1 N–H and O–H groups in total. The smallest absolute Gasteiger partial charge is 0.355 e. The van der Waals surface area contributed by atoms with Gasteiger partial charge in [-0.15, -0.1) is 0 Å². The SMILES string of the molecule is CCNC(=O)CN(CC)S(=O)(=O)c1ccc(SC(F)(F)F)cc1. The lowest BCUT2D eigenvalue weighted by molar-refractivity contribution is -0.121. The predicted octanol–water partition coefficient (Wildman–Crippen LogP) is 2.45. The molecule has 0 aromatic heterocycles. The molecule has 0 aliphatic carbocycles. The molecule has 0 aliphatic heterocycles. The highest BCUT2D eigenvalue weighted by Crippen LogP contribution is 2.37. The van der Waals surface area contributed by atoms with E-state index in [1.165, 1.54) is 0 Å². The number of likely N-dealkylation sites (N-methyl/N-ethyl adjacent to an activating group) is 2. The molecular weight excluding hydrogens is 353 g/mol. The summed E-state index contributed by atoms with van der Waals surface area (Å²) in [6, 6.07) is 4.38. The lowest BCUT2D eigenvalue weighted by Gasteiger charge is -2.20. The summed E-state index contributed by atoms with van der Waals surface area (Å²) in [5, 5.41) is 2.50. The van der Waals surface area contributed by atoms with Crippen LogP contribution >= 0.6 is 11.8 Å². The second-order valence-corrected chi connectivity index (χ2v) is 7.48. The van der Waals surface area contributed by atoms with Gasteiger partial charge in [0, 0.05) is 18.0 Å². The van der Waals surface area contributed by atoms with Crippen molar-refractivity contribution in [2.75, 3.05) is 19.6 Å². The Labute approximate surface area is 137 Å². The third-order valence-corrected chi connectivity index (χ3v) is 5.42. The second kappa shape index (κ2) is 8.02. The highest BCUT2D eigenvalue weighted by Gasteiger charge is 2.30. The van der Waals surface area contributed by atoms with E-state index in [-0.39, 0.29) is 34.6 Å². The number of amides is 1. The summed E-state index contributed by atoms with van der Waals surface area (Å²) >= 11 is -0.321. The molecule has 0 spiro atoms. The number of carbonyl (C=O) groups excluding carboxylic acids is 1. The van der Waals surface area contributed by atoms with E-state index in [2.05, 4.69) is 5.32 Å². The van der Waals surface area contributed by atoms with Crippen molar-refractivity contribution >= 4 is 27.7 Å². The lowest BCUT2D eigenvalue weighted by atomic mass is 10.4. The normalized spacial score (nSPS) is 12.4. The van der Waals surface area contributed by atoms with E-state index in [0.29, 0.717) is 6.54 Å². The molecule has 0 radical (unpaired) electrons. The number of hydrogen-bond acceptors (Lipinski definition) is 4. The van der Waals surface area contributed by atoms with E-state index in [9.17, 15) is 26.4 Å². The summed E-state index contributed by atoms with van der Waals surface area (Å²) in [7, 11) is -3.94. The average molecular weight is 370 g/mol. The number of alkyl halides is 3. The van der Waals surface area contributed by atoms with Crippen molar-refractivity contribution in [3.63, 3.8) is 0 Å². The minimum absolute atomic E-state index is 0.0680. The van der Waals surface area contributed by atoms with Crippen LogP contribution in [0.3, 0.4) is 0 Å². The lowest BCUT2D eigenvalue weighted by Crippen LogP contribution is -2.40. The van der Waals surface area contributed by atoms with E-state index in [4.69, 9.17) is 0 Å². The molecule has 0 unspecified atom stereocenters. The van der Waals surface area contributed by atoms with Gasteiger partial charge in [-0.25, -0.2) is 8.42 Å². The largest absolute Gasteiger partial charge is 0.446 e. The Kier molecular flexibility index (Phi) is 6.90. The number of thioether (sulfide) groups is 1. The first kappa shape index (κ1) is 19.8. The summed E-state index contributed by atoms with van der Waals surface area (Å²) in [6.45, 7) is 3.38. The minimum atomic E-state index is -4.44. The fourth-order valence-corrected chi connectivity index (χ4v) is 3.69. The Morgan fingerprint density at radius 1 is 1.22 bits per heavy atom. The molecule has 5 nitrogen and oxygen atoms in total. The molecule has 0 atom stereocenters. The molecule has 0 aliphatic rings. The maximum atomic E-state index is 12.4. The molecule has 0 saturated carbocycles. The fourth-order valence-electron chi connectivity index (χ4n) is 1.74. The molecule has 0 fully saturated rings. The molecule has 1 amide bonds. The van der Waals surface area contributed by atoms with Gasteiger partial charge in [0.15, 0.2) is 0 Å². The number of rotatable bonds is 7. The number of halogens is 3. The van der Waals surface area contributed by atoms with Gasteiger partial charge in [-0.3, -0.25) is 4.79 Å². The van der Waals surface area contributed by atoms with Crippen LogP contribution in [0, 0.1) is 0 Å². The summed E-state index contributed by atoms with van der Waals surface area (Å²) in [6.07, 6.45) is 0. The van der Waals surface area contributed by atoms with E-state index < -0.39 is 21.4 Å². The molecule has 23 heavy (non-hydrogen) atoms. The molecule has 0 bridgehead atoms. The molecule has 0 saturated heterocycles. The third kappa shape index (κ3) is 6.04. The minimum Gasteiger partial charge on any atom is -0.355 e. The zero-order chi connectivity index (χ0) is 17.7. The van der Waals surface area contributed by atoms with Crippen molar-refractivity contribution in [3.8, 4) is 0 Å². The molecular formula is C13H17F3N2O3S2. The van der Waals surface area contributed by atoms with Crippen LogP contribution in [0.15, 0.2) is 34.1 Å². The van der Waals surface area contributed by atoms with Crippen molar-refractivity contribution in [2.45, 2.75) is 29.1 Å². The van der Waals surface area contributed by atoms with Crippen LogP contribution in [0.1, 0.15) is 13.8 Å². The van der Waals surface area contributed by atoms with Gasteiger partial charge >= 0.3 is 5.51 Å². The van der Waals surface area contributed by atoms with E-state index >= 15 is 0 Å². The van der Waals surface area contributed by atoms with Gasteiger partial charge in [0.2, 0.25) is 15.9 Å². The Morgan fingerprint density at radius 3 is 2.22 bits per heavy atom. The van der Waals surface area contributed by atoms with Crippen LogP contribution in [0.2, 0.25) is 0 Å². The standard InChI is InChI=1S/C13H17F3N2O3S2/c1-3-17-12(19)9-18(4-2)23(20,21)11-7-5-10(6-8-11)22-13(14,15)16/h5-8H,3-4,9H2,1-2H3,(H,17,19). The van der Waals surface area contributed by atoms with Gasteiger partial charge in [-0.05, 0) is 43.0 Å². The first-order chi connectivity index (χ1) is 10.6. The fraction of sp³-hybridized carbons (Fsp3) is 0.462. The van der Waals surface area contributed by atoms with E-state index in [1.54, 1.807) is 13.8 Å². The number of nitrogens with zero attached hydrogens (tertiary/aromatic N) is 1. The van der Waals surface area contributed by atoms with Crippen LogP contribution < -0.4 is 5.32 Å². The van der Waals surface area contributed by atoms with Crippen molar-refractivity contribution in [1.29, 1.82) is 0 Å². The van der Waals surface area contributed by atoms with Crippen molar-refractivity contribution in [1.82, 2.24) is 9.62 Å². The molecule has 0 heterocycles. The summed E-state index contributed by atoms with van der Waals surface area (Å²) in [4.78, 5) is 11.3. The van der Waals surface area contributed by atoms with Gasteiger partial charge in [0.1, 0.15) is 0 Å². The Bertz CT molecular complexity index is 631. The van der Waals surface area contributed by atoms with Gasteiger partial charge < -0.3 is 5.32 Å².